The molecule has 1 fully saturated rings. The maximum absolute atomic E-state index is 9.05. The standard InChI is InChI=1S/C14H19N3/c1-16-14-6-8-17(9-7-14)11-13-5-3-2-4-12(13)10-15/h2-5,14,16H,6-9,11H2,1H3. The Balaban J connectivity index is 1.96. The fourth-order valence-corrected chi connectivity index (χ4v) is 2.39. The lowest BCUT2D eigenvalue weighted by atomic mass is 10.0. The molecule has 1 aliphatic rings. The Morgan fingerprint density at radius 2 is 2.06 bits per heavy atom. The molecule has 1 aromatic carbocycles. The lowest BCUT2D eigenvalue weighted by Crippen LogP contribution is -2.40. The topological polar surface area (TPSA) is 39.1 Å². The minimum atomic E-state index is 0.664. The third-order valence-electron chi connectivity index (χ3n) is 3.53. The van der Waals surface area contributed by atoms with E-state index in [1.165, 1.54) is 12.8 Å². The Labute approximate surface area is 103 Å². The number of hydrogen-bond donors (Lipinski definition) is 1. The van der Waals surface area contributed by atoms with E-state index in [1.807, 2.05) is 25.2 Å². The molecule has 0 atom stereocenters. The molecular weight excluding hydrogens is 210 g/mol. The summed E-state index contributed by atoms with van der Waals surface area (Å²) in [5.41, 5.74) is 1.96. The maximum atomic E-state index is 9.05. The Kier molecular flexibility index (Phi) is 4.13. The molecule has 0 bridgehead atoms. The monoisotopic (exact) mass is 229 g/mol. The van der Waals surface area contributed by atoms with Crippen molar-refractivity contribution in [3.05, 3.63) is 35.4 Å². The predicted molar refractivity (Wildman–Crippen MR) is 68.5 cm³/mol. The zero-order valence-electron chi connectivity index (χ0n) is 10.3. The lowest BCUT2D eigenvalue weighted by molar-refractivity contribution is 0.194. The highest BCUT2D eigenvalue weighted by molar-refractivity contribution is 5.37. The van der Waals surface area contributed by atoms with Crippen LogP contribution >= 0.6 is 0 Å². The normalized spacial score (nSPS) is 17.9. The first kappa shape index (κ1) is 12.1. The van der Waals surface area contributed by atoms with E-state index in [2.05, 4.69) is 22.4 Å². The van der Waals surface area contributed by atoms with Gasteiger partial charge >= 0.3 is 0 Å². The highest BCUT2D eigenvalue weighted by Gasteiger charge is 2.18. The van der Waals surface area contributed by atoms with Crippen LogP contribution in [0.15, 0.2) is 24.3 Å². The zero-order chi connectivity index (χ0) is 12.1. The van der Waals surface area contributed by atoms with Crippen LogP contribution in [0, 0.1) is 11.3 Å². The Morgan fingerprint density at radius 3 is 2.71 bits per heavy atom. The molecule has 0 amide bonds. The minimum Gasteiger partial charge on any atom is -0.317 e. The molecule has 90 valence electrons. The average molecular weight is 229 g/mol. The van der Waals surface area contributed by atoms with E-state index in [4.69, 9.17) is 5.26 Å². The van der Waals surface area contributed by atoms with Gasteiger partial charge in [0.25, 0.3) is 0 Å². The molecule has 3 heteroatoms. The van der Waals surface area contributed by atoms with E-state index in [1.54, 1.807) is 0 Å². The highest BCUT2D eigenvalue weighted by atomic mass is 15.1. The molecule has 1 aliphatic heterocycles. The van der Waals surface area contributed by atoms with Crippen molar-refractivity contribution in [2.45, 2.75) is 25.4 Å². The first-order valence-electron chi connectivity index (χ1n) is 6.21. The third kappa shape index (κ3) is 3.06. The molecule has 1 saturated heterocycles. The first-order chi connectivity index (χ1) is 8.33. The van der Waals surface area contributed by atoms with Gasteiger partial charge < -0.3 is 5.32 Å². The summed E-state index contributed by atoms with van der Waals surface area (Å²) in [6.07, 6.45) is 2.40. The second-order valence-corrected chi connectivity index (χ2v) is 4.61. The molecule has 0 radical (unpaired) electrons. The molecule has 1 heterocycles. The Hall–Kier alpha value is -1.37. The van der Waals surface area contributed by atoms with Crippen molar-refractivity contribution in [3.63, 3.8) is 0 Å². The maximum Gasteiger partial charge on any atom is 0.0995 e. The van der Waals surface area contributed by atoms with E-state index in [0.29, 0.717) is 6.04 Å². The smallest absolute Gasteiger partial charge is 0.0995 e. The number of benzene rings is 1. The summed E-state index contributed by atoms with van der Waals surface area (Å²) in [6, 6.07) is 10.8. The molecule has 0 unspecified atom stereocenters. The van der Waals surface area contributed by atoms with Crippen molar-refractivity contribution in [2.75, 3.05) is 20.1 Å². The predicted octanol–water partition coefficient (Wildman–Crippen LogP) is 1.74. The van der Waals surface area contributed by atoms with Gasteiger partial charge in [-0.05, 0) is 44.6 Å². The molecule has 0 aromatic heterocycles. The number of hydrogen-bond acceptors (Lipinski definition) is 3. The van der Waals surface area contributed by atoms with Crippen LogP contribution in [-0.2, 0) is 6.54 Å². The molecule has 0 spiro atoms. The number of likely N-dealkylation sites (tertiary alicyclic amines) is 1. The van der Waals surface area contributed by atoms with Crippen LogP contribution in [0.1, 0.15) is 24.0 Å². The van der Waals surface area contributed by atoms with Crippen molar-refractivity contribution in [1.29, 1.82) is 5.26 Å². The quantitative estimate of drug-likeness (QED) is 0.858. The molecule has 3 nitrogen and oxygen atoms in total. The van der Waals surface area contributed by atoms with E-state index in [-0.39, 0.29) is 0 Å². The third-order valence-corrected chi connectivity index (χ3v) is 3.53. The second kappa shape index (κ2) is 5.81. The van der Waals surface area contributed by atoms with Gasteiger partial charge in [0.2, 0.25) is 0 Å². The molecule has 17 heavy (non-hydrogen) atoms. The van der Waals surface area contributed by atoms with Gasteiger partial charge in [0.05, 0.1) is 11.6 Å². The molecule has 0 saturated carbocycles. The van der Waals surface area contributed by atoms with Crippen LogP contribution < -0.4 is 5.32 Å². The van der Waals surface area contributed by atoms with E-state index in [9.17, 15) is 0 Å². The number of piperidine rings is 1. The van der Waals surface area contributed by atoms with Gasteiger partial charge in [-0.1, -0.05) is 18.2 Å². The average Bonchev–Trinajstić information content (AvgIpc) is 2.40. The first-order valence-corrected chi connectivity index (χ1v) is 6.21. The molecule has 1 aromatic rings. The molecule has 0 aliphatic carbocycles. The second-order valence-electron chi connectivity index (χ2n) is 4.61. The van der Waals surface area contributed by atoms with Crippen LogP contribution in [0.3, 0.4) is 0 Å². The van der Waals surface area contributed by atoms with E-state index >= 15 is 0 Å². The van der Waals surface area contributed by atoms with Gasteiger partial charge in [-0.2, -0.15) is 5.26 Å². The summed E-state index contributed by atoms with van der Waals surface area (Å²) in [5.74, 6) is 0. The zero-order valence-corrected chi connectivity index (χ0v) is 10.3. The Morgan fingerprint density at radius 1 is 1.35 bits per heavy atom. The number of nitrogens with one attached hydrogen (secondary N) is 1. The van der Waals surface area contributed by atoms with Crippen LogP contribution in [0.25, 0.3) is 0 Å². The van der Waals surface area contributed by atoms with Crippen molar-refractivity contribution < 1.29 is 0 Å². The fourth-order valence-electron chi connectivity index (χ4n) is 2.39. The summed E-state index contributed by atoms with van der Waals surface area (Å²) < 4.78 is 0. The van der Waals surface area contributed by atoms with Crippen LogP contribution in [0.5, 0.6) is 0 Å². The van der Waals surface area contributed by atoms with Gasteiger partial charge in [0, 0.05) is 12.6 Å². The van der Waals surface area contributed by atoms with Crippen molar-refractivity contribution in [2.24, 2.45) is 0 Å². The Bertz CT molecular complexity index is 400. The summed E-state index contributed by atoms with van der Waals surface area (Å²) in [7, 11) is 2.03. The van der Waals surface area contributed by atoms with Crippen LogP contribution in [-0.4, -0.2) is 31.1 Å². The summed E-state index contributed by atoms with van der Waals surface area (Å²) >= 11 is 0. The summed E-state index contributed by atoms with van der Waals surface area (Å²) in [6.45, 7) is 3.14. The number of nitriles is 1. The van der Waals surface area contributed by atoms with Crippen molar-refractivity contribution in [1.82, 2.24) is 10.2 Å². The molecular formula is C14H19N3. The van der Waals surface area contributed by atoms with E-state index in [0.717, 1.165) is 30.8 Å². The highest BCUT2D eigenvalue weighted by Crippen LogP contribution is 2.15. The number of nitrogens with zero attached hydrogens (tertiary/aromatic N) is 2. The fraction of sp³-hybridized carbons (Fsp3) is 0.500. The largest absolute Gasteiger partial charge is 0.317 e. The molecule has 2 rings (SSSR count). The number of rotatable bonds is 3. The van der Waals surface area contributed by atoms with Crippen molar-refractivity contribution in [3.8, 4) is 6.07 Å². The summed E-state index contributed by atoms with van der Waals surface area (Å²) in [4.78, 5) is 2.43. The van der Waals surface area contributed by atoms with Crippen LogP contribution in [0.4, 0.5) is 0 Å². The molecule has 1 N–H and O–H groups in total. The van der Waals surface area contributed by atoms with Gasteiger partial charge in [-0.3, -0.25) is 4.90 Å². The van der Waals surface area contributed by atoms with Gasteiger partial charge in [0.1, 0.15) is 0 Å². The lowest BCUT2D eigenvalue weighted by Gasteiger charge is -2.31. The van der Waals surface area contributed by atoms with Gasteiger partial charge in [-0.25, -0.2) is 0 Å². The van der Waals surface area contributed by atoms with Crippen LogP contribution in [0.2, 0.25) is 0 Å². The summed E-state index contributed by atoms with van der Waals surface area (Å²) in [5, 5.41) is 12.4. The van der Waals surface area contributed by atoms with Gasteiger partial charge in [0.15, 0.2) is 0 Å². The minimum absolute atomic E-state index is 0.664. The SMILES string of the molecule is CNC1CCN(Cc2ccccc2C#N)CC1. The van der Waals surface area contributed by atoms with Crippen molar-refractivity contribution >= 4 is 0 Å². The van der Waals surface area contributed by atoms with Gasteiger partial charge in [-0.15, -0.1) is 0 Å². The van der Waals surface area contributed by atoms with E-state index < -0.39 is 0 Å².